The quantitative estimate of drug-likeness (QED) is 0.305. The number of aromatic nitrogens is 2. The summed E-state index contributed by atoms with van der Waals surface area (Å²) < 4.78 is 12.8. The van der Waals surface area contributed by atoms with E-state index in [4.69, 9.17) is 26.0 Å². The summed E-state index contributed by atoms with van der Waals surface area (Å²) in [5, 5.41) is 2.42. The summed E-state index contributed by atoms with van der Waals surface area (Å²) in [4.78, 5) is 31.9. The normalized spacial score (nSPS) is 19.5. The first-order valence-corrected chi connectivity index (χ1v) is 14.1. The van der Waals surface area contributed by atoms with E-state index in [1.54, 1.807) is 4.90 Å². The number of benzene rings is 2. The second-order valence-corrected chi connectivity index (χ2v) is 11.1. The van der Waals surface area contributed by atoms with Crippen molar-refractivity contribution in [3.8, 4) is 6.01 Å². The molecule has 2 aliphatic rings. The number of anilines is 1. The maximum absolute atomic E-state index is 12.5. The molecule has 41 heavy (non-hydrogen) atoms. The van der Waals surface area contributed by atoms with Crippen LogP contribution in [0.3, 0.4) is 0 Å². The van der Waals surface area contributed by atoms with Crippen LogP contribution in [-0.4, -0.2) is 84.6 Å². The van der Waals surface area contributed by atoms with Crippen molar-refractivity contribution in [1.29, 1.82) is 0 Å². The zero-order chi connectivity index (χ0) is 29.1. The number of piperazine rings is 1. The van der Waals surface area contributed by atoms with Crippen molar-refractivity contribution in [2.45, 2.75) is 45.1 Å². The van der Waals surface area contributed by atoms with Crippen molar-refractivity contribution in [2.75, 3.05) is 51.7 Å². The van der Waals surface area contributed by atoms with Gasteiger partial charge in [0, 0.05) is 38.2 Å². The molecular formula is C32H38N6O3. The van der Waals surface area contributed by atoms with E-state index in [1.165, 1.54) is 22.4 Å². The van der Waals surface area contributed by atoms with E-state index < -0.39 is 0 Å². The fourth-order valence-electron chi connectivity index (χ4n) is 6.02. The number of hydrogen-bond acceptors (Lipinski definition) is 7. The van der Waals surface area contributed by atoms with E-state index in [-0.39, 0.29) is 30.7 Å². The molecule has 1 fully saturated rings. The van der Waals surface area contributed by atoms with Gasteiger partial charge in [-0.3, -0.25) is 4.79 Å². The molecule has 9 heteroatoms. The third kappa shape index (κ3) is 6.04. The Morgan fingerprint density at radius 1 is 1.27 bits per heavy atom. The molecule has 1 saturated heterocycles. The Kier molecular flexibility index (Phi) is 8.52. The van der Waals surface area contributed by atoms with E-state index in [2.05, 4.69) is 64.5 Å². The van der Waals surface area contributed by atoms with Gasteiger partial charge in [0.1, 0.15) is 18.0 Å². The number of hydrogen-bond donors (Lipinski definition) is 0. The third-order valence-corrected chi connectivity index (χ3v) is 7.82. The van der Waals surface area contributed by atoms with Gasteiger partial charge in [-0.25, -0.2) is 6.57 Å². The molecule has 2 aromatic carbocycles. The topological polar surface area (TPSA) is 75.4 Å². The number of carbonyl (C=O) groups is 1. The summed E-state index contributed by atoms with van der Waals surface area (Å²) in [6, 6.07) is 12.8. The maximum atomic E-state index is 12.5. The number of rotatable bonds is 8. The number of aryl methyl sites for hydroxylation is 1. The Morgan fingerprint density at radius 2 is 2.05 bits per heavy atom. The standard InChI is InChI=1S/C32H38N6O3/c1-7-29(39)38-15-14-37(19-24(38)17-33-4)31-26-20-40-28(25-13-9-12-23-11-8-10-21(2)30(23)25)16-27(26)34-32(35-31)41-22(3)18-36(5)6/h7-13,22,24,28H,1,14-20H2,2-3,5-6H3/t22?,24-,28?/m0/s1. The van der Waals surface area contributed by atoms with Gasteiger partial charge in [0.15, 0.2) is 0 Å². The van der Waals surface area contributed by atoms with E-state index in [1.807, 2.05) is 21.0 Å². The zero-order valence-corrected chi connectivity index (χ0v) is 24.3. The average Bonchev–Trinajstić information content (AvgIpc) is 2.95. The largest absolute Gasteiger partial charge is 0.459 e. The number of likely N-dealkylation sites (N-methyl/N-ethyl adjacent to an activating group) is 1. The van der Waals surface area contributed by atoms with Crippen LogP contribution >= 0.6 is 0 Å². The fourth-order valence-corrected chi connectivity index (χ4v) is 6.02. The van der Waals surface area contributed by atoms with Crippen LogP contribution in [0.2, 0.25) is 0 Å². The average molecular weight is 555 g/mol. The van der Waals surface area contributed by atoms with Crippen molar-refractivity contribution in [2.24, 2.45) is 0 Å². The lowest BCUT2D eigenvalue weighted by atomic mass is 9.92. The Balaban J connectivity index is 1.51. The minimum absolute atomic E-state index is 0.107. The molecule has 2 unspecified atom stereocenters. The van der Waals surface area contributed by atoms with Gasteiger partial charge in [0.05, 0.1) is 18.4 Å². The van der Waals surface area contributed by atoms with Crippen LogP contribution in [0.4, 0.5) is 5.82 Å². The van der Waals surface area contributed by atoms with E-state index in [9.17, 15) is 4.79 Å². The van der Waals surface area contributed by atoms with Crippen LogP contribution in [0.15, 0.2) is 49.1 Å². The molecule has 3 heterocycles. The van der Waals surface area contributed by atoms with Gasteiger partial charge in [-0.1, -0.05) is 43.0 Å². The smallest absolute Gasteiger partial charge is 0.318 e. The van der Waals surface area contributed by atoms with Gasteiger partial charge in [0.2, 0.25) is 12.5 Å². The fraction of sp³-hybridized carbons (Fsp3) is 0.438. The van der Waals surface area contributed by atoms with Crippen molar-refractivity contribution < 1.29 is 14.3 Å². The molecule has 3 aromatic rings. The van der Waals surface area contributed by atoms with Crippen LogP contribution in [-0.2, 0) is 22.6 Å². The number of ether oxygens (including phenoxy) is 2. The third-order valence-electron chi connectivity index (χ3n) is 7.82. The molecule has 214 valence electrons. The Bertz CT molecular complexity index is 1480. The van der Waals surface area contributed by atoms with Crippen molar-refractivity contribution in [3.05, 3.63) is 82.9 Å². The van der Waals surface area contributed by atoms with E-state index >= 15 is 0 Å². The lowest BCUT2D eigenvalue weighted by Gasteiger charge is -2.40. The maximum Gasteiger partial charge on any atom is 0.318 e. The van der Waals surface area contributed by atoms with Crippen molar-refractivity contribution >= 4 is 22.5 Å². The highest BCUT2D eigenvalue weighted by atomic mass is 16.5. The van der Waals surface area contributed by atoms with E-state index in [0.29, 0.717) is 38.7 Å². The monoisotopic (exact) mass is 554 g/mol. The number of nitrogens with zero attached hydrogens (tertiary/aromatic N) is 6. The molecule has 0 radical (unpaired) electrons. The van der Waals surface area contributed by atoms with Crippen LogP contribution in [0.5, 0.6) is 6.01 Å². The molecule has 9 nitrogen and oxygen atoms in total. The van der Waals surface area contributed by atoms with Gasteiger partial charge in [0.25, 0.3) is 0 Å². The molecule has 5 rings (SSSR count). The van der Waals surface area contributed by atoms with Crippen molar-refractivity contribution in [1.82, 2.24) is 19.8 Å². The van der Waals surface area contributed by atoms with Crippen LogP contribution in [0, 0.1) is 13.5 Å². The second kappa shape index (κ2) is 12.2. The SMILES string of the molecule is [C-]#[N+]C[C@H]1CN(c2nc(OC(C)CN(C)C)nc3c2COC(c2cccc4cccc(C)c24)C3)CCN1C(=O)C=C. The Hall–Kier alpha value is -4.00. The number of amides is 1. The van der Waals surface area contributed by atoms with Crippen molar-refractivity contribution in [3.63, 3.8) is 0 Å². The first-order chi connectivity index (χ1) is 19.8. The molecule has 1 aromatic heterocycles. The Labute approximate surface area is 242 Å². The molecule has 2 aliphatic heterocycles. The lowest BCUT2D eigenvalue weighted by Crippen LogP contribution is -2.56. The van der Waals surface area contributed by atoms with Gasteiger partial charge in [-0.2, -0.15) is 9.97 Å². The molecule has 0 saturated carbocycles. The summed E-state index contributed by atoms with van der Waals surface area (Å²) >= 11 is 0. The first kappa shape index (κ1) is 28.5. The summed E-state index contributed by atoms with van der Waals surface area (Å²) in [5.41, 5.74) is 4.23. The minimum Gasteiger partial charge on any atom is -0.459 e. The van der Waals surface area contributed by atoms with Crippen LogP contribution in [0.25, 0.3) is 15.6 Å². The molecule has 0 bridgehead atoms. The highest BCUT2D eigenvalue weighted by molar-refractivity contribution is 5.89. The van der Waals surface area contributed by atoms with Gasteiger partial charge in [-0.15, -0.1) is 0 Å². The van der Waals surface area contributed by atoms with Crippen LogP contribution < -0.4 is 9.64 Å². The van der Waals surface area contributed by atoms with Crippen LogP contribution in [0.1, 0.15) is 35.4 Å². The van der Waals surface area contributed by atoms with Gasteiger partial charge in [-0.05, 0) is 55.9 Å². The Morgan fingerprint density at radius 3 is 2.78 bits per heavy atom. The number of carbonyl (C=O) groups excluding carboxylic acids is 1. The first-order valence-electron chi connectivity index (χ1n) is 14.1. The summed E-state index contributed by atoms with van der Waals surface area (Å²) in [6.07, 6.45) is 1.65. The zero-order valence-electron chi connectivity index (χ0n) is 24.3. The molecule has 3 atom stereocenters. The second-order valence-electron chi connectivity index (χ2n) is 11.1. The minimum atomic E-state index is -0.259. The van der Waals surface area contributed by atoms with E-state index in [0.717, 1.165) is 29.2 Å². The molecule has 1 amide bonds. The van der Waals surface area contributed by atoms with Gasteiger partial charge >= 0.3 is 6.01 Å². The number of fused-ring (bicyclic) bond motifs is 2. The predicted molar refractivity (Wildman–Crippen MR) is 160 cm³/mol. The molecular weight excluding hydrogens is 516 g/mol. The highest BCUT2D eigenvalue weighted by Gasteiger charge is 2.35. The molecule has 0 spiro atoms. The highest BCUT2D eigenvalue weighted by Crippen LogP contribution is 2.38. The predicted octanol–water partition coefficient (Wildman–Crippen LogP) is 4.20. The summed E-state index contributed by atoms with van der Waals surface area (Å²) in [5.74, 6) is 0.608. The lowest BCUT2D eigenvalue weighted by molar-refractivity contribution is -0.128. The molecule has 0 aliphatic carbocycles. The molecule has 0 N–H and O–H groups in total. The van der Waals surface area contributed by atoms with Gasteiger partial charge < -0.3 is 29.0 Å². The summed E-state index contributed by atoms with van der Waals surface area (Å²) in [7, 11) is 4.02. The summed E-state index contributed by atoms with van der Waals surface area (Å²) in [6.45, 7) is 18.1.